The van der Waals surface area contributed by atoms with Crippen LogP contribution in [-0.4, -0.2) is 44.0 Å². The molecular formula is C18H21N5O2S. The minimum atomic E-state index is -2.92. The summed E-state index contributed by atoms with van der Waals surface area (Å²) in [7, 11) is -2.92. The van der Waals surface area contributed by atoms with Crippen LogP contribution in [0.4, 0.5) is 0 Å². The van der Waals surface area contributed by atoms with Crippen molar-refractivity contribution in [3.05, 3.63) is 24.3 Å². The van der Waals surface area contributed by atoms with Crippen LogP contribution in [0.15, 0.2) is 18.5 Å². The van der Waals surface area contributed by atoms with E-state index in [0.717, 1.165) is 48.3 Å². The second-order valence-corrected chi connectivity index (χ2v) is 10.9. The van der Waals surface area contributed by atoms with E-state index in [1.54, 1.807) is 6.20 Å². The van der Waals surface area contributed by atoms with Crippen molar-refractivity contribution in [1.82, 2.24) is 24.6 Å². The molecule has 26 heavy (non-hydrogen) atoms. The van der Waals surface area contributed by atoms with Gasteiger partial charge in [-0.1, -0.05) is 6.92 Å². The average Bonchev–Trinajstić information content (AvgIpc) is 3.43. The van der Waals surface area contributed by atoms with Gasteiger partial charge in [0.15, 0.2) is 21.1 Å². The van der Waals surface area contributed by atoms with Gasteiger partial charge in [-0.2, -0.15) is 0 Å². The molecule has 0 radical (unpaired) electrons. The maximum absolute atomic E-state index is 12.5. The molecule has 0 aromatic carbocycles. The second kappa shape index (κ2) is 4.65. The van der Waals surface area contributed by atoms with Crippen LogP contribution in [0.3, 0.4) is 0 Å². The molecule has 3 aliphatic carbocycles. The number of aromatic amines is 1. The molecule has 136 valence electrons. The minimum absolute atomic E-state index is 0.0639. The van der Waals surface area contributed by atoms with Gasteiger partial charge in [-0.25, -0.2) is 13.4 Å². The van der Waals surface area contributed by atoms with Gasteiger partial charge in [0.05, 0.1) is 22.7 Å². The highest BCUT2D eigenvalue weighted by atomic mass is 32.2. The first-order valence-corrected chi connectivity index (χ1v) is 11.1. The molecular weight excluding hydrogens is 350 g/mol. The zero-order valence-corrected chi connectivity index (χ0v) is 15.4. The van der Waals surface area contributed by atoms with Gasteiger partial charge in [-0.05, 0) is 49.0 Å². The van der Waals surface area contributed by atoms with Gasteiger partial charge in [-0.15, -0.1) is 10.2 Å². The Labute approximate surface area is 151 Å². The zero-order valence-electron chi connectivity index (χ0n) is 14.6. The van der Waals surface area contributed by atoms with Gasteiger partial charge in [0, 0.05) is 12.1 Å². The van der Waals surface area contributed by atoms with Crippen molar-refractivity contribution in [2.75, 3.05) is 5.75 Å². The van der Waals surface area contributed by atoms with Gasteiger partial charge in [0.1, 0.15) is 5.82 Å². The van der Waals surface area contributed by atoms with Crippen LogP contribution in [0.25, 0.3) is 16.8 Å². The number of hydrogen-bond acceptors (Lipinski definition) is 5. The molecule has 3 fully saturated rings. The average molecular weight is 371 g/mol. The molecule has 0 bridgehead atoms. The summed E-state index contributed by atoms with van der Waals surface area (Å²) >= 11 is 0. The quantitative estimate of drug-likeness (QED) is 0.760. The maximum Gasteiger partial charge on any atom is 0.179 e. The molecule has 3 heterocycles. The van der Waals surface area contributed by atoms with Crippen LogP contribution in [0, 0.1) is 17.3 Å². The lowest BCUT2D eigenvalue weighted by atomic mass is 9.90. The predicted molar refractivity (Wildman–Crippen MR) is 96.5 cm³/mol. The molecule has 6 rings (SSSR count). The normalized spacial score (nSPS) is 33.8. The summed E-state index contributed by atoms with van der Waals surface area (Å²) < 4.78 is 27.1. The van der Waals surface area contributed by atoms with Crippen molar-refractivity contribution >= 4 is 26.6 Å². The molecule has 7 nitrogen and oxygen atoms in total. The van der Waals surface area contributed by atoms with E-state index in [0.29, 0.717) is 11.7 Å². The number of rotatable bonds is 4. The van der Waals surface area contributed by atoms with Crippen molar-refractivity contribution in [3.63, 3.8) is 0 Å². The fourth-order valence-corrected chi connectivity index (χ4v) is 7.42. The zero-order chi connectivity index (χ0) is 17.7. The number of fused-ring (bicyclic) bond motifs is 4. The van der Waals surface area contributed by atoms with Crippen LogP contribution < -0.4 is 0 Å². The van der Waals surface area contributed by atoms with Crippen molar-refractivity contribution in [1.29, 1.82) is 0 Å². The standard InChI is InChI=1S/C18H21N5O2S/c1-18-7-13(18)10(9-26(24,25)11-2-3-11)6-12(18)17-22-21-15-8-20-16-14(23(15)17)4-5-19-16/h4-5,8,10-13,19H,2-3,6-7,9H2,1H3/t10-,12+,13+,18-/m1/s1. The van der Waals surface area contributed by atoms with E-state index in [-0.39, 0.29) is 22.5 Å². The first-order chi connectivity index (χ1) is 12.5. The second-order valence-electron chi connectivity index (χ2n) is 8.62. The lowest BCUT2D eigenvalue weighted by Crippen LogP contribution is -2.20. The van der Waals surface area contributed by atoms with Crippen LogP contribution in [0.1, 0.15) is 44.3 Å². The summed E-state index contributed by atoms with van der Waals surface area (Å²) in [6.45, 7) is 2.29. The summed E-state index contributed by atoms with van der Waals surface area (Å²) in [5.41, 5.74) is 2.71. The monoisotopic (exact) mass is 371 g/mol. The van der Waals surface area contributed by atoms with Crippen LogP contribution >= 0.6 is 0 Å². The molecule has 0 saturated heterocycles. The molecule has 4 atom stereocenters. The SMILES string of the molecule is C[C@]12C[C@H]1[C@@H](CS(=O)(=O)C1CC1)C[C@H]2c1nnc2cnc3[nH]ccc3n12. The Morgan fingerprint density at radius 2 is 2.19 bits per heavy atom. The van der Waals surface area contributed by atoms with Crippen molar-refractivity contribution in [2.24, 2.45) is 17.3 Å². The Hall–Kier alpha value is -1.96. The largest absolute Gasteiger partial charge is 0.345 e. The Morgan fingerprint density at radius 1 is 1.35 bits per heavy atom. The summed E-state index contributed by atoms with van der Waals surface area (Å²) in [5.74, 6) is 2.32. The first kappa shape index (κ1) is 15.1. The molecule has 8 heteroatoms. The van der Waals surface area contributed by atoms with Crippen molar-refractivity contribution in [3.8, 4) is 0 Å². The molecule has 3 saturated carbocycles. The van der Waals surface area contributed by atoms with E-state index in [1.165, 1.54) is 0 Å². The molecule has 1 N–H and O–H groups in total. The van der Waals surface area contributed by atoms with Gasteiger partial charge < -0.3 is 4.98 Å². The number of hydrogen-bond donors (Lipinski definition) is 1. The van der Waals surface area contributed by atoms with E-state index in [4.69, 9.17) is 0 Å². The van der Waals surface area contributed by atoms with E-state index in [1.807, 2.05) is 12.3 Å². The molecule has 3 aromatic heterocycles. The van der Waals surface area contributed by atoms with Crippen LogP contribution in [0.2, 0.25) is 0 Å². The molecule has 0 amide bonds. The van der Waals surface area contributed by atoms with Crippen LogP contribution in [0.5, 0.6) is 0 Å². The number of nitrogens with zero attached hydrogens (tertiary/aromatic N) is 4. The topological polar surface area (TPSA) is 93.0 Å². The summed E-state index contributed by atoms with van der Waals surface area (Å²) in [6.07, 6.45) is 7.32. The van der Waals surface area contributed by atoms with Gasteiger partial charge in [-0.3, -0.25) is 4.40 Å². The van der Waals surface area contributed by atoms with E-state index >= 15 is 0 Å². The summed E-state index contributed by atoms with van der Waals surface area (Å²) in [5, 5.41) is 8.79. The molecule has 0 aliphatic heterocycles. The Balaban J connectivity index is 1.41. The molecule has 0 spiro atoms. The number of H-pyrrole nitrogens is 1. The lowest BCUT2D eigenvalue weighted by Gasteiger charge is -2.19. The Bertz CT molecular complexity index is 1140. The maximum atomic E-state index is 12.5. The third-order valence-corrected chi connectivity index (χ3v) is 9.39. The number of sulfone groups is 1. The highest BCUT2D eigenvalue weighted by Gasteiger charge is 2.65. The predicted octanol–water partition coefficient (Wildman–Crippen LogP) is 2.31. The third kappa shape index (κ3) is 1.93. The molecule has 3 aromatic rings. The van der Waals surface area contributed by atoms with Gasteiger partial charge >= 0.3 is 0 Å². The minimum Gasteiger partial charge on any atom is -0.345 e. The highest BCUT2D eigenvalue weighted by Crippen LogP contribution is 2.71. The van der Waals surface area contributed by atoms with Crippen molar-refractivity contribution < 1.29 is 8.42 Å². The van der Waals surface area contributed by atoms with E-state index < -0.39 is 9.84 Å². The number of aromatic nitrogens is 5. The Morgan fingerprint density at radius 3 is 3.00 bits per heavy atom. The van der Waals surface area contributed by atoms with E-state index in [2.05, 4.69) is 31.5 Å². The summed E-state index contributed by atoms with van der Waals surface area (Å²) in [6, 6.07) is 2.00. The fourth-order valence-electron chi connectivity index (χ4n) is 5.33. The number of nitrogens with one attached hydrogen (secondary N) is 1. The smallest absolute Gasteiger partial charge is 0.179 e. The van der Waals surface area contributed by atoms with Gasteiger partial charge in [0.2, 0.25) is 0 Å². The fraction of sp³-hybridized carbons (Fsp3) is 0.611. The first-order valence-electron chi connectivity index (χ1n) is 9.36. The molecule has 3 aliphatic rings. The van der Waals surface area contributed by atoms with Gasteiger partial charge in [0.25, 0.3) is 0 Å². The van der Waals surface area contributed by atoms with Crippen LogP contribution in [-0.2, 0) is 9.84 Å². The lowest BCUT2D eigenvalue weighted by molar-refractivity contribution is 0.435. The third-order valence-electron chi connectivity index (χ3n) is 7.01. The van der Waals surface area contributed by atoms with Crippen molar-refractivity contribution in [2.45, 2.75) is 43.8 Å². The highest BCUT2D eigenvalue weighted by molar-refractivity contribution is 7.92. The molecule has 0 unspecified atom stereocenters. The van der Waals surface area contributed by atoms with E-state index in [9.17, 15) is 8.42 Å². The summed E-state index contributed by atoms with van der Waals surface area (Å²) in [4.78, 5) is 7.53. The Kier molecular flexibility index (Phi) is 2.71.